The number of aliphatic imine (C=N–C) groups is 1. The summed E-state index contributed by atoms with van der Waals surface area (Å²) in [5.74, 6) is 4.46. The fourth-order valence-corrected chi connectivity index (χ4v) is 3.63. The van der Waals surface area contributed by atoms with Gasteiger partial charge >= 0.3 is 0 Å². The van der Waals surface area contributed by atoms with Crippen LogP contribution in [0.1, 0.15) is 12.5 Å². The van der Waals surface area contributed by atoms with Crippen LogP contribution in [0.4, 0.5) is 5.69 Å². The molecule has 1 aromatic rings. The first-order chi connectivity index (χ1) is 11.3. The second-order valence-corrected chi connectivity index (χ2v) is 7.59. The van der Waals surface area contributed by atoms with Gasteiger partial charge in [0.2, 0.25) is 0 Å². The molecule has 2 rings (SSSR count). The van der Waals surface area contributed by atoms with Crippen LogP contribution < -0.4 is 15.5 Å². The standard InChI is InChI=1S/C17H28N4S2/c1-3-18-17(19-8-11-22-2)20-14-15-4-6-16(7-5-15)21-9-12-23-13-10-21/h4-7H,3,8-14H2,1-2H3,(H2,18,19,20). The van der Waals surface area contributed by atoms with Gasteiger partial charge in [0.15, 0.2) is 5.96 Å². The molecule has 1 heterocycles. The molecule has 0 aliphatic carbocycles. The highest BCUT2D eigenvalue weighted by atomic mass is 32.2. The van der Waals surface area contributed by atoms with Crippen LogP contribution in [0.25, 0.3) is 0 Å². The zero-order valence-corrected chi connectivity index (χ0v) is 15.8. The second kappa shape index (κ2) is 10.7. The molecular formula is C17H28N4S2. The molecule has 1 saturated heterocycles. The number of nitrogens with zero attached hydrogens (tertiary/aromatic N) is 2. The molecule has 0 unspecified atom stereocenters. The lowest BCUT2D eigenvalue weighted by atomic mass is 10.2. The van der Waals surface area contributed by atoms with Crippen LogP contribution in [-0.2, 0) is 6.54 Å². The maximum absolute atomic E-state index is 4.67. The minimum Gasteiger partial charge on any atom is -0.370 e. The SMILES string of the molecule is CCNC(=NCc1ccc(N2CCSCC2)cc1)NCCSC. The van der Waals surface area contributed by atoms with Gasteiger partial charge in [0.05, 0.1) is 6.54 Å². The predicted molar refractivity (Wildman–Crippen MR) is 107 cm³/mol. The summed E-state index contributed by atoms with van der Waals surface area (Å²) in [6, 6.07) is 8.86. The molecule has 0 atom stereocenters. The molecule has 0 amide bonds. The van der Waals surface area contributed by atoms with E-state index in [0.717, 1.165) is 37.9 Å². The smallest absolute Gasteiger partial charge is 0.191 e. The third kappa shape index (κ3) is 6.55. The lowest BCUT2D eigenvalue weighted by molar-refractivity contribution is 0.842. The first kappa shape index (κ1) is 18.3. The average Bonchev–Trinajstić information content (AvgIpc) is 2.61. The van der Waals surface area contributed by atoms with E-state index in [-0.39, 0.29) is 0 Å². The maximum atomic E-state index is 4.67. The highest BCUT2D eigenvalue weighted by Crippen LogP contribution is 2.20. The van der Waals surface area contributed by atoms with Crippen LogP contribution in [0.3, 0.4) is 0 Å². The Morgan fingerprint density at radius 3 is 2.61 bits per heavy atom. The molecule has 1 aromatic carbocycles. The third-order valence-corrected chi connectivity index (χ3v) is 5.23. The van der Waals surface area contributed by atoms with E-state index in [1.165, 1.54) is 22.8 Å². The van der Waals surface area contributed by atoms with Crippen LogP contribution in [0, 0.1) is 0 Å². The summed E-state index contributed by atoms with van der Waals surface area (Å²) in [7, 11) is 0. The molecule has 0 spiro atoms. The average molecular weight is 353 g/mol. The molecule has 4 nitrogen and oxygen atoms in total. The van der Waals surface area contributed by atoms with Crippen molar-refractivity contribution in [2.75, 3.05) is 54.6 Å². The summed E-state index contributed by atoms with van der Waals surface area (Å²) < 4.78 is 0. The summed E-state index contributed by atoms with van der Waals surface area (Å²) in [5, 5.41) is 6.66. The number of guanidine groups is 1. The van der Waals surface area contributed by atoms with Crippen molar-refractivity contribution in [2.24, 2.45) is 4.99 Å². The molecule has 128 valence electrons. The van der Waals surface area contributed by atoms with Crippen LogP contribution >= 0.6 is 23.5 Å². The van der Waals surface area contributed by atoms with Crippen molar-refractivity contribution in [1.82, 2.24) is 10.6 Å². The Balaban J connectivity index is 1.88. The molecule has 6 heteroatoms. The van der Waals surface area contributed by atoms with Crippen molar-refractivity contribution in [3.63, 3.8) is 0 Å². The van der Waals surface area contributed by atoms with Gasteiger partial charge in [0.25, 0.3) is 0 Å². The Morgan fingerprint density at radius 2 is 1.96 bits per heavy atom. The lowest BCUT2D eigenvalue weighted by Crippen LogP contribution is -2.38. The van der Waals surface area contributed by atoms with Gasteiger partial charge in [-0.1, -0.05) is 12.1 Å². The van der Waals surface area contributed by atoms with Crippen molar-refractivity contribution < 1.29 is 0 Å². The summed E-state index contributed by atoms with van der Waals surface area (Å²) >= 11 is 3.89. The van der Waals surface area contributed by atoms with Crippen molar-refractivity contribution in [3.8, 4) is 0 Å². The molecule has 0 aromatic heterocycles. The van der Waals surface area contributed by atoms with Crippen molar-refractivity contribution >= 4 is 35.2 Å². The number of benzene rings is 1. The van der Waals surface area contributed by atoms with E-state index in [4.69, 9.17) is 0 Å². The van der Waals surface area contributed by atoms with Gasteiger partial charge in [-0.2, -0.15) is 23.5 Å². The number of hydrogen-bond acceptors (Lipinski definition) is 4. The summed E-state index contributed by atoms with van der Waals surface area (Å²) in [5.41, 5.74) is 2.59. The molecular weight excluding hydrogens is 324 g/mol. The van der Waals surface area contributed by atoms with Gasteiger partial charge in [0.1, 0.15) is 0 Å². The maximum Gasteiger partial charge on any atom is 0.191 e. The van der Waals surface area contributed by atoms with Gasteiger partial charge in [-0.3, -0.25) is 0 Å². The molecule has 1 aliphatic rings. The van der Waals surface area contributed by atoms with E-state index in [9.17, 15) is 0 Å². The molecule has 0 radical (unpaired) electrons. The molecule has 1 fully saturated rings. The Hall–Kier alpha value is -1.01. The van der Waals surface area contributed by atoms with Gasteiger partial charge < -0.3 is 15.5 Å². The molecule has 23 heavy (non-hydrogen) atoms. The highest BCUT2D eigenvalue weighted by molar-refractivity contribution is 7.99. The number of hydrogen-bond donors (Lipinski definition) is 2. The van der Waals surface area contributed by atoms with E-state index in [1.54, 1.807) is 0 Å². The third-order valence-electron chi connectivity index (χ3n) is 3.68. The van der Waals surface area contributed by atoms with Crippen LogP contribution in [0.5, 0.6) is 0 Å². The fraction of sp³-hybridized carbons (Fsp3) is 0.588. The van der Waals surface area contributed by atoms with E-state index in [2.05, 4.69) is 58.0 Å². The lowest BCUT2D eigenvalue weighted by Gasteiger charge is -2.28. The van der Waals surface area contributed by atoms with Gasteiger partial charge in [-0.05, 0) is 30.9 Å². The van der Waals surface area contributed by atoms with E-state index >= 15 is 0 Å². The Labute approximate surface area is 148 Å². The summed E-state index contributed by atoms with van der Waals surface area (Å²) in [6.45, 7) is 6.95. The predicted octanol–water partition coefficient (Wildman–Crippen LogP) is 2.66. The topological polar surface area (TPSA) is 39.7 Å². The number of thioether (sulfide) groups is 2. The molecule has 1 aliphatic heterocycles. The molecule has 0 saturated carbocycles. The van der Waals surface area contributed by atoms with Crippen molar-refractivity contribution in [2.45, 2.75) is 13.5 Å². The zero-order chi connectivity index (χ0) is 16.3. The highest BCUT2D eigenvalue weighted by Gasteiger charge is 2.10. The first-order valence-electron chi connectivity index (χ1n) is 8.26. The van der Waals surface area contributed by atoms with Crippen LogP contribution in [-0.4, -0.2) is 55.7 Å². The van der Waals surface area contributed by atoms with Crippen molar-refractivity contribution in [1.29, 1.82) is 0 Å². The normalized spacial score (nSPS) is 15.6. The minimum absolute atomic E-state index is 0.713. The Bertz CT molecular complexity index is 470. The summed E-state index contributed by atoms with van der Waals surface area (Å²) in [4.78, 5) is 7.14. The summed E-state index contributed by atoms with van der Waals surface area (Å²) in [6.07, 6.45) is 2.12. The first-order valence-corrected chi connectivity index (χ1v) is 10.8. The zero-order valence-electron chi connectivity index (χ0n) is 14.2. The Morgan fingerprint density at radius 1 is 1.22 bits per heavy atom. The van der Waals surface area contributed by atoms with E-state index in [1.807, 2.05) is 23.5 Å². The van der Waals surface area contributed by atoms with E-state index in [0.29, 0.717) is 6.54 Å². The quantitative estimate of drug-likeness (QED) is 0.448. The molecule has 0 bridgehead atoms. The van der Waals surface area contributed by atoms with E-state index < -0.39 is 0 Å². The van der Waals surface area contributed by atoms with Gasteiger partial charge in [-0.15, -0.1) is 0 Å². The minimum atomic E-state index is 0.713. The number of anilines is 1. The van der Waals surface area contributed by atoms with Crippen LogP contribution in [0.15, 0.2) is 29.3 Å². The fourth-order valence-electron chi connectivity index (χ4n) is 2.42. The van der Waals surface area contributed by atoms with Crippen molar-refractivity contribution in [3.05, 3.63) is 29.8 Å². The Kier molecular flexibility index (Phi) is 8.53. The second-order valence-electron chi connectivity index (χ2n) is 5.38. The van der Waals surface area contributed by atoms with Crippen LogP contribution in [0.2, 0.25) is 0 Å². The number of rotatable bonds is 7. The van der Waals surface area contributed by atoms with Gasteiger partial charge in [0, 0.05) is 49.1 Å². The monoisotopic (exact) mass is 352 g/mol. The molecule has 2 N–H and O–H groups in total. The van der Waals surface area contributed by atoms with Gasteiger partial charge in [-0.25, -0.2) is 4.99 Å². The largest absolute Gasteiger partial charge is 0.370 e. The number of nitrogens with one attached hydrogen (secondary N) is 2.